The summed E-state index contributed by atoms with van der Waals surface area (Å²) in [5, 5.41) is 0. The molecule has 0 bridgehead atoms. The van der Waals surface area contributed by atoms with Crippen molar-refractivity contribution < 1.29 is 32.2 Å². The molecule has 1 aromatic rings. The minimum atomic E-state index is -3.98. The normalized spacial score (nSPS) is 14.4. The Kier molecular flexibility index (Phi) is 6.04. The number of hydrogen-bond donors (Lipinski definition) is 0. The summed E-state index contributed by atoms with van der Waals surface area (Å²) in [6, 6.07) is 4.03. The highest BCUT2D eigenvalue weighted by Gasteiger charge is 2.32. The average molecular weight is 399 g/mol. The highest BCUT2D eigenvalue weighted by atomic mass is 32.2. The second kappa shape index (κ2) is 7.75. The molecular weight excluding hydrogens is 374 g/mol. The van der Waals surface area contributed by atoms with Crippen molar-refractivity contribution in [3.8, 4) is 5.75 Å². The number of esters is 1. The number of benzene rings is 1. The molecule has 8 nitrogen and oxygen atoms in total. The molecular formula is C18H25NO7S. The van der Waals surface area contributed by atoms with Gasteiger partial charge in [-0.25, -0.2) is 18.0 Å². The summed E-state index contributed by atoms with van der Waals surface area (Å²) in [5.41, 5.74) is -0.707. The molecule has 1 aliphatic carbocycles. The van der Waals surface area contributed by atoms with Gasteiger partial charge in [-0.3, -0.25) is 0 Å². The number of carbonyl (C=O) groups excluding carboxylic acids is 2. The van der Waals surface area contributed by atoms with Crippen molar-refractivity contribution in [2.24, 2.45) is 5.92 Å². The topological polar surface area (TPSA) is 99.2 Å². The van der Waals surface area contributed by atoms with E-state index in [4.69, 9.17) is 14.2 Å². The Labute approximate surface area is 159 Å². The van der Waals surface area contributed by atoms with E-state index in [1.807, 2.05) is 0 Å². The highest BCUT2D eigenvalue weighted by Crippen LogP contribution is 2.33. The number of ether oxygens (including phenoxy) is 3. The van der Waals surface area contributed by atoms with E-state index in [0.29, 0.717) is 16.8 Å². The van der Waals surface area contributed by atoms with E-state index in [0.717, 1.165) is 19.1 Å². The minimum Gasteiger partial charge on any atom is -0.492 e. The zero-order valence-corrected chi connectivity index (χ0v) is 17.0. The van der Waals surface area contributed by atoms with Gasteiger partial charge in [0.2, 0.25) is 10.0 Å². The van der Waals surface area contributed by atoms with Crippen LogP contribution in [0.3, 0.4) is 0 Å². The summed E-state index contributed by atoms with van der Waals surface area (Å²) in [4.78, 5) is 24.4. The first-order chi connectivity index (χ1) is 12.4. The van der Waals surface area contributed by atoms with Crippen molar-refractivity contribution in [2.45, 2.75) is 39.2 Å². The summed E-state index contributed by atoms with van der Waals surface area (Å²) >= 11 is 0. The molecule has 0 spiro atoms. The van der Waals surface area contributed by atoms with Crippen LogP contribution in [0.5, 0.6) is 5.75 Å². The van der Waals surface area contributed by atoms with Crippen LogP contribution in [-0.4, -0.2) is 46.1 Å². The van der Waals surface area contributed by atoms with Gasteiger partial charge in [0.25, 0.3) is 0 Å². The van der Waals surface area contributed by atoms with Gasteiger partial charge in [-0.05, 0) is 51.7 Å². The number of rotatable bonds is 6. The number of methoxy groups -OCH3 is 1. The van der Waals surface area contributed by atoms with E-state index in [2.05, 4.69) is 0 Å². The summed E-state index contributed by atoms with van der Waals surface area (Å²) in [5.74, 6) is -0.0463. The second-order valence-corrected chi connectivity index (χ2v) is 9.27. The van der Waals surface area contributed by atoms with Crippen molar-refractivity contribution in [3.63, 3.8) is 0 Å². The predicted octanol–water partition coefficient (Wildman–Crippen LogP) is 2.96. The Balaban J connectivity index is 2.43. The van der Waals surface area contributed by atoms with Gasteiger partial charge in [-0.2, -0.15) is 4.31 Å². The fourth-order valence-corrected chi connectivity index (χ4v) is 3.07. The Morgan fingerprint density at radius 3 is 2.33 bits per heavy atom. The molecule has 0 atom stereocenters. The smallest absolute Gasteiger partial charge is 0.428 e. The van der Waals surface area contributed by atoms with Crippen LogP contribution < -0.4 is 9.04 Å². The number of anilines is 1. The molecule has 1 saturated carbocycles. The van der Waals surface area contributed by atoms with Crippen molar-refractivity contribution in [3.05, 3.63) is 23.8 Å². The zero-order chi connectivity index (χ0) is 20.4. The lowest BCUT2D eigenvalue weighted by atomic mass is 10.1. The van der Waals surface area contributed by atoms with Crippen LogP contribution in [0.15, 0.2) is 18.2 Å². The molecule has 0 aliphatic heterocycles. The molecule has 0 saturated heterocycles. The largest absolute Gasteiger partial charge is 0.492 e. The summed E-state index contributed by atoms with van der Waals surface area (Å²) in [7, 11) is -2.74. The second-order valence-electron chi connectivity index (χ2n) is 7.43. The Hall–Kier alpha value is -2.29. The van der Waals surface area contributed by atoms with E-state index < -0.39 is 27.7 Å². The summed E-state index contributed by atoms with van der Waals surface area (Å²) in [6.07, 6.45) is 1.95. The average Bonchev–Trinajstić information content (AvgIpc) is 3.33. The standard InChI is InChI=1S/C18H25NO7S/c1-18(2,3)26-17(21)19(27(5,22)23)13-8-9-14(16(20)24-4)15(10-13)25-11-12-6-7-12/h8-10,12H,6-7,11H2,1-5H3. The fourth-order valence-electron chi connectivity index (χ4n) is 2.26. The maximum Gasteiger partial charge on any atom is 0.428 e. The van der Waals surface area contributed by atoms with E-state index in [1.54, 1.807) is 20.8 Å². The maximum atomic E-state index is 12.5. The molecule has 9 heteroatoms. The SMILES string of the molecule is COC(=O)c1ccc(N(C(=O)OC(C)(C)C)S(C)(=O)=O)cc1OCC1CC1. The Bertz CT molecular complexity index is 823. The van der Waals surface area contributed by atoms with Gasteiger partial charge in [0.05, 0.1) is 25.7 Å². The molecule has 0 radical (unpaired) electrons. The molecule has 1 fully saturated rings. The molecule has 150 valence electrons. The maximum absolute atomic E-state index is 12.5. The summed E-state index contributed by atoms with van der Waals surface area (Å²) < 4.78 is 40.6. The van der Waals surface area contributed by atoms with Crippen molar-refractivity contribution in [1.29, 1.82) is 0 Å². The number of nitrogens with zero attached hydrogens (tertiary/aromatic N) is 1. The van der Waals surface area contributed by atoms with Gasteiger partial charge in [0.15, 0.2) is 0 Å². The molecule has 0 unspecified atom stereocenters. The number of hydrogen-bond acceptors (Lipinski definition) is 7. The third kappa shape index (κ3) is 5.85. The van der Waals surface area contributed by atoms with Crippen LogP contribution >= 0.6 is 0 Å². The predicted molar refractivity (Wildman–Crippen MR) is 99.6 cm³/mol. The quantitative estimate of drug-likeness (QED) is 0.678. The van der Waals surface area contributed by atoms with Crippen molar-refractivity contribution >= 4 is 27.8 Å². The van der Waals surface area contributed by atoms with Crippen molar-refractivity contribution in [2.75, 3.05) is 24.3 Å². The fraction of sp³-hybridized carbons (Fsp3) is 0.556. The molecule has 2 rings (SSSR count). The molecule has 1 aromatic carbocycles. The van der Waals surface area contributed by atoms with Crippen LogP contribution in [0.4, 0.5) is 10.5 Å². The van der Waals surface area contributed by atoms with Crippen molar-refractivity contribution in [1.82, 2.24) is 0 Å². The van der Waals surface area contributed by atoms with E-state index in [1.165, 1.54) is 25.3 Å². The first-order valence-electron chi connectivity index (χ1n) is 8.51. The molecule has 1 aliphatic rings. The van der Waals surface area contributed by atoms with Crippen LogP contribution in [0.1, 0.15) is 44.0 Å². The van der Waals surface area contributed by atoms with Crippen LogP contribution in [-0.2, 0) is 19.5 Å². The minimum absolute atomic E-state index is 0.0187. The lowest BCUT2D eigenvalue weighted by molar-refractivity contribution is 0.0592. The third-order valence-electron chi connectivity index (χ3n) is 3.67. The first kappa shape index (κ1) is 21.0. The van der Waals surface area contributed by atoms with E-state index >= 15 is 0 Å². The third-order valence-corrected chi connectivity index (χ3v) is 4.69. The van der Waals surface area contributed by atoms with Crippen LogP contribution in [0.2, 0.25) is 0 Å². The number of sulfonamides is 1. The molecule has 0 aromatic heterocycles. The number of carbonyl (C=O) groups is 2. The molecule has 0 N–H and O–H groups in total. The summed E-state index contributed by atoms with van der Waals surface area (Å²) in [6.45, 7) is 5.31. The van der Waals surface area contributed by atoms with E-state index in [9.17, 15) is 18.0 Å². The van der Waals surface area contributed by atoms with Crippen LogP contribution in [0.25, 0.3) is 0 Å². The molecule has 27 heavy (non-hydrogen) atoms. The molecule has 1 amide bonds. The molecule has 0 heterocycles. The zero-order valence-electron chi connectivity index (χ0n) is 16.1. The van der Waals surface area contributed by atoms with Gasteiger partial charge < -0.3 is 14.2 Å². The van der Waals surface area contributed by atoms with Gasteiger partial charge >= 0.3 is 12.1 Å². The number of amides is 1. The lowest BCUT2D eigenvalue weighted by Crippen LogP contribution is -2.40. The van der Waals surface area contributed by atoms with Crippen LogP contribution in [0, 0.1) is 5.92 Å². The van der Waals surface area contributed by atoms with E-state index in [-0.39, 0.29) is 17.0 Å². The lowest BCUT2D eigenvalue weighted by Gasteiger charge is -2.26. The Morgan fingerprint density at radius 1 is 1.22 bits per heavy atom. The van der Waals surface area contributed by atoms with Gasteiger partial charge in [-0.15, -0.1) is 0 Å². The van der Waals surface area contributed by atoms with Gasteiger partial charge in [-0.1, -0.05) is 0 Å². The Morgan fingerprint density at radius 2 is 1.85 bits per heavy atom. The highest BCUT2D eigenvalue weighted by molar-refractivity contribution is 7.92. The van der Waals surface area contributed by atoms with Gasteiger partial charge in [0.1, 0.15) is 16.9 Å². The first-order valence-corrected chi connectivity index (χ1v) is 10.4. The van der Waals surface area contributed by atoms with Gasteiger partial charge in [0, 0.05) is 6.07 Å². The monoisotopic (exact) mass is 399 g/mol.